The number of rotatable bonds is 6. The summed E-state index contributed by atoms with van der Waals surface area (Å²) in [6.45, 7) is 7.70. The summed E-state index contributed by atoms with van der Waals surface area (Å²) in [5, 5.41) is 3.50. The number of hydrogen-bond acceptors (Lipinski definition) is 3. The average molecular weight is 254 g/mol. The largest absolute Gasteiger partial charge is 0.380 e. The molecule has 2 atom stereocenters. The number of ether oxygens (including phenoxy) is 1. The van der Waals surface area contributed by atoms with Gasteiger partial charge in [0.05, 0.1) is 6.61 Å². The molecule has 2 heterocycles. The van der Waals surface area contributed by atoms with Crippen molar-refractivity contribution in [1.82, 2.24) is 10.2 Å². The molecule has 4 heteroatoms. The van der Waals surface area contributed by atoms with Crippen LogP contribution in [0.25, 0.3) is 0 Å². The van der Waals surface area contributed by atoms with Crippen LogP contribution >= 0.6 is 0 Å². The fraction of sp³-hybridized carbons (Fsp3) is 0.929. The molecular weight excluding hydrogens is 228 g/mol. The van der Waals surface area contributed by atoms with Gasteiger partial charge in [0.2, 0.25) is 5.91 Å². The fourth-order valence-corrected chi connectivity index (χ4v) is 2.97. The monoisotopic (exact) mass is 254 g/mol. The van der Waals surface area contributed by atoms with E-state index in [1.165, 1.54) is 12.8 Å². The highest BCUT2D eigenvalue weighted by Crippen LogP contribution is 2.27. The lowest BCUT2D eigenvalue weighted by molar-refractivity contribution is -0.129. The molecule has 1 N–H and O–H groups in total. The minimum atomic E-state index is 0.334. The molecular formula is C14H26N2O2. The zero-order valence-electron chi connectivity index (χ0n) is 11.7. The first-order chi connectivity index (χ1) is 8.68. The van der Waals surface area contributed by atoms with Crippen LogP contribution in [0.1, 0.15) is 39.5 Å². The van der Waals surface area contributed by atoms with Crippen molar-refractivity contribution in [2.24, 2.45) is 5.92 Å². The number of nitrogens with one attached hydrogen (secondary N) is 1. The van der Waals surface area contributed by atoms with Crippen LogP contribution in [0.15, 0.2) is 0 Å². The van der Waals surface area contributed by atoms with E-state index in [-0.39, 0.29) is 0 Å². The van der Waals surface area contributed by atoms with Gasteiger partial charge in [-0.2, -0.15) is 0 Å². The molecule has 0 aliphatic carbocycles. The van der Waals surface area contributed by atoms with Gasteiger partial charge in [0.15, 0.2) is 0 Å². The molecule has 2 rings (SSSR count). The van der Waals surface area contributed by atoms with E-state index in [4.69, 9.17) is 4.74 Å². The van der Waals surface area contributed by atoms with Gasteiger partial charge in [0.1, 0.15) is 0 Å². The van der Waals surface area contributed by atoms with Gasteiger partial charge >= 0.3 is 0 Å². The first-order valence-corrected chi connectivity index (χ1v) is 7.29. The normalized spacial score (nSPS) is 27.9. The third-order valence-corrected chi connectivity index (χ3v) is 3.83. The molecule has 1 amide bonds. The summed E-state index contributed by atoms with van der Waals surface area (Å²) in [5.74, 6) is 0.923. The Balaban J connectivity index is 1.68. The van der Waals surface area contributed by atoms with Gasteiger partial charge < -0.3 is 15.0 Å². The lowest BCUT2D eigenvalue weighted by atomic mass is 9.99. The number of amides is 1. The number of piperidine rings is 1. The van der Waals surface area contributed by atoms with E-state index in [0.29, 0.717) is 30.3 Å². The zero-order valence-corrected chi connectivity index (χ0v) is 11.7. The van der Waals surface area contributed by atoms with Crippen molar-refractivity contribution in [3.8, 4) is 0 Å². The Morgan fingerprint density at radius 1 is 1.44 bits per heavy atom. The Morgan fingerprint density at radius 2 is 2.28 bits per heavy atom. The van der Waals surface area contributed by atoms with Crippen molar-refractivity contribution < 1.29 is 9.53 Å². The van der Waals surface area contributed by atoms with Crippen LogP contribution in [0.2, 0.25) is 0 Å². The van der Waals surface area contributed by atoms with Gasteiger partial charge in [-0.05, 0) is 25.2 Å². The Kier molecular flexibility index (Phi) is 5.01. The molecule has 2 saturated heterocycles. The molecule has 0 radical (unpaired) electrons. The van der Waals surface area contributed by atoms with E-state index in [1.807, 2.05) is 0 Å². The number of carbonyl (C=O) groups is 1. The summed E-state index contributed by atoms with van der Waals surface area (Å²) in [6.07, 6.45) is 4.27. The number of fused-ring (bicyclic) bond motifs is 1. The predicted octanol–water partition coefficient (Wildman–Crippen LogP) is 1.40. The first kappa shape index (κ1) is 13.8. The molecule has 0 aromatic heterocycles. The van der Waals surface area contributed by atoms with Crippen molar-refractivity contribution in [2.45, 2.75) is 51.6 Å². The molecule has 2 fully saturated rings. The van der Waals surface area contributed by atoms with Gasteiger partial charge in [-0.3, -0.25) is 4.79 Å². The van der Waals surface area contributed by atoms with E-state index in [9.17, 15) is 4.79 Å². The zero-order chi connectivity index (χ0) is 13.0. The van der Waals surface area contributed by atoms with Gasteiger partial charge in [-0.15, -0.1) is 0 Å². The highest BCUT2D eigenvalue weighted by molar-refractivity contribution is 5.80. The molecule has 2 unspecified atom stereocenters. The van der Waals surface area contributed by atoms with Gasteiger partial charge in [0.25, 0.3) is 0 Å². The van der Waals surface area contributed by atoms with E-state index < -0.39 is 0 Å². The highest BCUT2D eigenvalue weighted by atomic mass is 16.5. The number of carbonyl (C=O) groups excluding carboxylic acids is 1. The summed E-state index contributed by atoms with van der Waals surface area (Å²) in [6, 6.07) is 0.789. The third kappa shape index (κ3) is 3.45. The summed E-state index contributed by atoms with van der Waals surface area (Å²) in [4.78, 5) is 13.9. The first-order valence-electron chi connectivity index (χ1n) is 7.29. The van der Waals surface area contributed by atoms with Crippen molar-refractivity contribution in [2.75, 3.05) is 26.3 Å². The molecule has 2 aliphatic heterocycles. The molecule has 0 bridgehead atoms. The second-order valence-corrected chi connectivity index (χ2v) is 5.88. The second kappa shape index (κ2) is 6.53. The molecule has 18 heavy (non-hydrogen) atoms. The lowest BCUT2D eigenvalue weighted by Gasteiger charge is -2.32. The Hall–Kier alpha value is -0.610. The number of hydrogen-bond donors (Lipinski definition) is 1. The second-order valence-electron chi connectivity index (χ2n) is 5.88. The van der Waals surface area contributed by atoms with Gasteiger partial charge in [-0.25, -0.2) is 0 Å². The maximum Gasteiger partial charge on any atom is 0.224 e. The summed E-state index contributed by atoms with van der Waals surface area (Å²) >= 11 is 0. The molecule has 4 nitrogen and oxygen atoms in total. The minimum Gasteiger partial charge on any atom is -0.380 e. The molecule has 0 saturated carbocycles. The molecule has 104 valence electrons. The van der Waals surface area contributed by atoms with Gasteiger partial charge in [-0.1, -0.05) is 13.8 Å². The maximum absolute atomic E-state index is 11.9. The maximum atomic E-state index is 11.9. The predicted molar refractivity (Wildman–Crippen MR) is 71.4 cm³/mol. The third-order valence-electron chi connectivity index (χ3n) is 3.83. The molecule has 0 aromatic rings. The lowest BCUT2D eigenvalue weighted by Crippen LogP contribution is -2.46. The summed E-state index contributed by atoms with van der Waals surface area (Å²) < 4.78 is 5.56. The highest BCUT2D eigenvalue weighted by Gasteiger charge is 2.40. The Morgan fingerprint density at radius 3 is 3.06 bits per heavy atom. The van der Waals surface area contributed by atoms with E-state index in [1.54, 1.807) is 0 Å². The van der Waals surface area contributed by atoms with E-state index in [2.05, 4.69) is 24.1 Å². The van der Waals surface area contributed by atoms with Crippen LogP contribution in [-0.4, -0.2) is 49.2 Å². The smallest absolute Gasteiger partial charge is 0.224 e. The molecule has 2 aliphatic rings. The van der Waals surface area contributed by atoms with Crippen LogP contribution in [0.5, 0.6) is 0 Å². The van der Waals surface area contributed by atoms with Crippen molar-refractivity contribution >= 4 is 5.91 Å². The minimum absolute atomic E-state index is 0.334. The van der Waals surface area contributed by atoms with Crippen LogP contribution in [0.4, 0.5) is 0 Å². The quantitative estimate of drug-likeness (QED) is 0.729. The Labute approximate surface area is 110 Å². The topological polar surface area (TPSA) is 41.6 Å². The van der Waals surface area contributed by atoms with Crippen LogP contribution in [0, 0.1) is 5.92 Å². The van der Waals surface area contributed by atoms with Crippen molar-refractivity contribution in [3.63, 3.8) is 0 Å². The summed E-state index contributed by atoms with van der Waals surface area (Å²) in [7, 11) is 0. The van der Waals surface area contributed by atoms with Gasteiger partial charge in [0, 0.05) is 38.2 Å². The SMILES string of the molecule is CC(C)COCCNC1CC(=O)N2CCCCC12. The van der Waals surface area contributed by atoms with E-state index in [0.717, 1.165) is 32.7 Å². The standard InChI is InChI=1S/C14H26N2O2/c1-11(2)10-18-8-6-15-12-9-14(17)16-7-4-3-5-13(12)16/h11-13,15H,3-10H2,1-2H3. The van der Waals surface area contributed by atoms with Crippen molar-refractivity contribution in [3.05, 3.63) is 0 Å². The average Bonchev–Trinajstić information content (AvgIpc) is 2.66. The van der Waals surface area contributed by atoms with Crippen LogP contribution in [-0.2, 0) is 9.53 Å². The summed E-state index contributed by atoms with van der Waals surface area (Å²) in [5.41, 5.74) is 0. The fourth-order valence-electron chi connectivity index (χ4n) is 2.97. The Bertz CT molecular complexity index is 281. The van der Waals surface area contributed by atoms with E-state index >= 15 is 0 Å². The number of nitrogens with zero attached hydrogens (tertiary/aromatic N) is 1. The molecule has 0 spiro atoms. The van der Waals surface area contributed by atoms with Crippen molar-refractivity contribution in [1.29, 1.82) is 0 Å². The molecule has 0 aromatic carbocycles. The van der Waals surface area contributed by atoms with Crippen LogP contribution < -0.4 is 5.32 Å². The van der Waals surface area contributed by atoms with Crippen LogP contribution in [0.3, 0.4) is 0 Å².